The van der Waals surface area contributed by atoms with Gasteiger partial charge in [0.1, 0.15) is 9.88 Å². The largest absolute Gasteiger partial charge is 0.462 e. The zero-order valence-electron chi connectivity index (χ0n) is 14.7. The molecule has 1 aromatic heterocycles. The van der Waals surface area contributed by atoms with Crippen molar-refractivity contribution in [2.45, 2.75) is 13.8 Å². The Morgan fingerprint density at radius 1 is 1.56 bits per heavy atom. The molecule has 0 amide bonds. The number of amidine groups is 1. The summed E-state index contributed by atoms with van der Waals surface area (Å²) >= 11 is 2.29. The number of rotatable bonds is 5. The van der Waals surface area contributed by atoms with Crippen LogP contribution >= 0.6 is 23.1 Å². The highest BCUT2D eigenvalue weighted by atomic mass is 32.2. The second kappa shape index (κ2) is 9.11. The number of nitriles is 1. The Bertz CT molecular complexity index is 949. The quantitative estimate of drug-likeness (QED) is 0.152. The molecule has 0 aliphatic rings. The molecule has 0 saturated heterocycles. The second-order valence-corrected chi connectivity index (χ2v) is 6.76. The van der Waals surface area contributed by atoms with Gasteiger partial charge in [-0.25, -0.2) is 14.8 Å². The number of ether oxygens (including phenoxy) is 1. The van der Waals surface area contributed by atoms with Crippen LogP contribution in [0.3, 0.4) is 0 Å². The van der Waals surface area contributed by atoms with Gasteiger partial charge in [-0.05, 0) is 26.2 Å². The lowest BCUT2D eigenvalue weighted by atomic mass is 10.1. The van der Waals surface area contributed by atoms with Crippen LogP contribution in [0.25, 0.3) is 10.6 Å². The average Bonchev–Trinajstić information content (AvgIpc) is 3.03. The predicted molar refractivity (Wildman–Crippen MR) is 104 cm³/mol. The molecule has 0 fully saturated rings. The van der Waals surface area contributed by atoms with Gasteiger partial charge in [-0.15, -0.1) is 11.3 Å². The van der Waals surface area contributed by atoms with E-state index in [1.807, 2.05) is 0 Å². The number of hydrogen-bond donors (Lipinski definition) is 1. The van der Waals surface area contributed by atoms with Crippen LogP contribution in [0.15, 0.2) is 23.2 Å². The average molecular weight is 405 g/mol. The fourth-order valence-electron chi connectivity index (χ4n) is 2.09. The summed E-state index contributed by atoms with van der Waals surface area (Å²) in [5.74, 6) is -0.495. The maximum absolute atomic E-state index is 12.0. The molecule has 0 unspecified atom stereocenters. The molecule has 27 heavy (non-hydrogen) atoms. The molecular formula is C16H15N5O4S2. The summed E-state index contributed by atoms with van der Waals surface area (Å²) in [4.78, 5) is 31.7. The van der Waals surface area contributed by atoms with Gasteiger partial charge in [0.25, 0.3) is 5.69 Å². The number of thiazole rings is 1. The van der Waals surface area contributed by atoms with Crippen LogP contribution in [0.4, 0.5) is 11.4 Å². The number of aliphatic imine (C=N–C) groups is 1. The Balaban J connectivity index is 2.61. The molecule has 0 aliphatic carbocycles. The van der Waals surface area contributed by atoms with E-state index in [2.05, 4.69) is 15.3 Å². The molecule has 0 bridgehead atoms. The number of thioether (sulfide) groups is 1. The van der Waals surface area contributed by atoms with Crippen molar-refractivity contribution in [1.29, 1.82) is 5.26 Å². The Hall–Kier alpha value is -2.97. The van der Waals surface area contributed by atoms with Crippen molar-refractivity contribution in [3.8, 4) is 16.8 Å². The van der Waals surface area contributed by atoms with Gasteiger partial charge in [0.05, 0.1) is 22.9 Å². The molecule has 2 rings (SSSR count). The minimum absolute atomic E-state index is 0.131. The number of hydrogen-bond acceptors (Lipinski definition) is 9. The fourth-order valence-corrected chi connectivity index (χ4v) is 3.41. The maximum Gasteiger partial charge on any atom is 0.350 e. The molecule has 0 radical (unpaired) electrons. The van der Waals surface area contributed by atoms with E-state index in [0.29, 0.717) is 32.0 Å². The standard InChI is InChI=1S/C16H15N5O4S2/c1-4-25-15(22)13-9(2)19-14(27-13)11-7-10(21(23)24)5-6-12(11)20-16(26-3)18-8-17/h5-7H,4H2,1-3H3,(H,18,20). The zero-order chi connectivity index (χ0) is 20.0. The van der Waals surface area contributed by atoms with Crippen molar-refractivity contribution >= 4 is 45.6 Å². The molecule has 0 atom stereocenters. The smallest absolute Gasteiger partial charge is 0.350 e. The normalized spacial score (nSPS) is 11.0. The lowest BCUT2D eigenvalue weighted by Crippen LogP contribution is -2.12. The minimum Gasteiger partial charge on any atom is -0.462 e. The van der Waals surface area contributed by atoms with Gasteiger partial charge in [-0.3, -0.25) is 15.4 Å². The molecule has 11 heteroatoms. The van der Waals surface area contributed by atoms with Crippen LogP contribution < -0.4 is 5.32 Å². The van der Waals surface area contributed by atoms with Crippen molar-refractivity contribution in [3.63, 3.8) is 0 Å². The van der Waals surface area contributed by atoms with E-state index in [1.54, 1.807) is 26.3 Å². The van der Waals surface area contributed by atoms with Gasteiger partial charge in [0.15, 0.2) is 11.4 Å². The molecule has 0 spiro atoms. The highest BCUT2D eigenvalue weighted by Gasteiger charge is 2.21. The number of carbonyl (C=O) groups excluding carboxylic acids is 1. The van der Waals surface area contributed by atoms with Crippen molar-refractivity contribution in [3.05, 3.63) is 38.9 Å². The van der Waals surface area contributed by atoms with E-state index < -0.39 is 10.9 Å². The molecule has 2 aromatic rings. The number of non-ortho nitro benzene ring substituents is 1. The summed E-state index contributed by atoms with van der Waals surface area (Å²) in [6, 6.07) is 4.14. The number of nitrogens with zero attached hydrogens (tertiary/aromatic N) is 4. The summed E-state index contributed by atoms with van der Waals surface area (Å²) in [5, 5.41) is 23.1. The first kappa shape index (κ1) is 20.3. The van der Waals surface area contributed by atoms with Gasteiger partial charge >= 0.3 is 5.97 Å². The van der Waals surface area contributed by atoms with Crippen LogP contribution in [0, 0.1) is 28.5 Å². The SMILES string of the molecule is CCOC(=O)c1sc(-c2cc([N+](=O)[O-])ccc2N=C(NC#N)SC)nc1C. The van der Waals surface area contributed by atoms with Gasteiger partial charge in [0.2, 0.25) is 0 Å². The number of nitro groups is 1. The Kier molecular flexibility index (Phi) is 6.86. The van der Waals surface area contributed by atoms with E-state index in [-0.39, 0.29) is 12.3 Å². The second-order valence-electron chi connectivity index (χ2n) is 4.97. The molecule has 9 nitrogen and oxygen atoms in total. The molecule has 1 heterocycles. The number of aryl methyl sites for hydroxylation is 1. The molecule has 1 aromatic carbocycles. The van der Waals surface area contributed by atoms with Crippen LogP contribution in [0.5, 0.6) is 0 Å². The topological polar surface area (TPSA) is 131 Å². The van der Waals surface area contributed by atoms with Gasteiger partial charge in [0, 0.05) is 17.7 Å². The molecule has 1 N–H and O–H groups in total. The molecular weight excluding hydrogens is 390 g/mol. The number of nitro benzene ring substituents is 1. The third kappa shape index (κ3) is 4.81. The van der Waals surface area contributed by atoms with Crippen LogP contribution in [-0.2, 0) is 4.74 Å². The van der Waals surface area contributed by atoms with Crippen LogP contribution in [0.1, 0.15) is 22.3 Å². The Morgan fingerprint density at radius 2 is 2.30 bits per heavy atom. The van der Waals surface area contributed by atoms with E-state index in [0.717, 1.165) is 11.3 Å². The third-order valence-electron chi connectivity index (χ3n) is 3.26. The predicted octanol–water partition coefficient (Wildman–Crippen LogP) is 3.62. The number of benzene rings is 1. The van der Waals surface area contributed by atoms with Crippen molar-refractivity contribution in [2.75, 3.05) is 12.9 Å². The summed E-state index contributed by atoms with van der Waals surface area (Å²) in [6.45, 7) is 3.60. The van der Waals surface area contributed by atoms with Crippen LogP contribution in [0.2, 0.25) is 0 Å². The summed E-state index contributed by atoms with van der Waals surface area (Å²) in [5.41, 5.74) is 1.11. The van der Waals surface area contributed by atoms with E-state index in [1.165, 1.54) is 30.0 Å². The summed E-state index contributed by atoms with van der Waals surface area (Å²) < 4.78 is 5.01. The number of nitrogens with one attached hydrogen (secondary N) is 1. The number of esters is 1. The Labute approximate surface area is 163 Å². The molecule has 0 saturated carbocycles. The Morgan fingerprint density at radius 3 is 2.89 bits per heavy atom. The first-order valence-corrected chi connectivity index (χ1v) is 9.66. The van der Waals surface area contributed by atoms with E-state index in [9.17, 15) is 14.9 Å². The van der Waals surface area contributed by atoms with Crippen molar-refractivity contribution in [1.82, 2.24) is 10.3 Å². The van der Waals surface area contributed by atoms with Gasteiger partial charge < -0.3 is 4.74 Å². The molecule has 140 valence electrons. The van der Waals surface area contributed by atoms with Crippen molar-refractivity contribution in [2.24, 2.45) is 4.99 Å². The van der Waals surface area contributed by atoms with Gasteiger partial charge in [-0.2, -0.15) is 5.26 Å². The first-order chi connectivity index (χ1) is 12.9. The zero-order valence-corrected chi connectivity index (χ0v) is 16.3. The number of carbonyl (C=O) groups is 1. The fraction of sp³-hybridized carbons (Fsp3) is 0.250. The monoisotopic (exact) mass is 405 g/mol. The first-order valence-electron chi connectivity index (χ1n) is 7.62. The lowest BCUT2D eigenvalue weighted by molar-refractivity contribution is -0.384. The van der Waals surface area contributed by atoms with Crippen LogP contribution in [-0.4, -0.2) is 33.9 Å². The third-order valence-corrected chi connectivity index (χ3v) is 5.01. The highest BCUT2D eigenvalue weighted by molar-refractivity contribution is 8.13. The van der Waals surface area contributed by atoms with E-state index in [4.69, 9.17) is 10.00 Å². The lowest BCUT2D eigenvalue weighted by Gasteiger charge is -2.05. The number of aromatic nitrogens is 1. The summed E-state index contributed by atoms with van der Waals surface area (Å²) in [7, 11) is 0. The van der Waals surface area contributed by atoms with Gasteiger partial charge in [-0.1, -0.05) is 11.8 Å². The summed E-state index contributed by atoms with van der Waals surface area (Å²) in [6.07, 6.45) is 3.52. The minimum atomic E-state index is -0.521. The van der Waals surface area contributed by atoms with E-state index >= 15 is 0 Å². The highest BCUT2D eigenvalue weighted by Crippen LogP contribution is 2.37. The maximum atomic E-state index is 12.0. The molecule has 0 aliphatic heterocycles. The van der Waals surface area contributed by atoms with Crippen molar-refractivity contribution < 1.29 is 14.5 Å².